The van der Waals surface area contributed by atoms with Crippen LogP contribution in [0.4, 0.5) is 0 Å². The monoisotopic (exact) mass is 1260 g/mol. The summed E-state index contributed by atoms with van der Waals surface area (Å²) in [5.41, 5.74) is 1.12. The molecule has 5 aromatic carbocycles. The lowest BCUT2D eigenvalue weighted by Crippen LogP contribution is -2.62. The van der Waals surface area contributed by atoms with Crippen LogP contribution in [-0.4, -0.2) is 157 Å². The highest BCUT2D eigenvalue weighted by Crippen LogP contribution is 2.39. The Balaban J connectivity index is 0.805. The molecule has 92 heavy (non-hydrogen) atoms. The van der Waals surface area contributed by atoms with E-state index in [0.717, 1.165) is 36.8 Å². The van der Waals surface area contributed by atoms with Gasteiger partial charge in [0.1, 0.15) is 24.2 Å². The standard InChI is InChI=1S/C72H92N10O10/c1-4-58(74-3)64(86)78-63-51(47-84)36-38-57-40-42-60(82(57)68(63)90)66(88)80-72(54-27-13-7-14-28-54,55-29-15-8-16-30-55)70(92)76-44-20-18-22-49-33-31-48(32-34-49)21-17-19-43-75-69(91)71(52-23-9-5-10-24-52,53-25-11-6-12-26-53)79-65(87)59-41-39-56-37-35-50(46-83)62(67(89)81(56)59)77-61(85)45-73-2/h5-16,23-34,50-51,56-60,62-63,73-74,83-84H,4,17-22,35-47H2,1-3H3,(H,75,91)(H,76,92)(H,77,85)(H,78,86)(H,79,87)(H,80,88)/t50-,51-,56+,57+,58+,59+,60+,62+,63+/m1/s1. The first-order valence-electron chi connectivity index (χ1n) is 33.0. The molecular formula is C72H92N10O10. The summed E-state index contributed by atoms with van der Waals surface area (Å²) in [5, 5.41) is 45.0. The van der Waals surface area contributed by atoms with Crippen LogP contribution in [0, 0.1) is 11.8 Å². The topological polar surface area (TPSA) is 280 Å². The Morgan fingerprint density at radius 3 is 1.22 bits per heavy atom. The van der Waals surface area contributed by atoms with Crippen molar-refractivity contribution in [3.05, 3.63) is 179 Å². The summed E-state index contributed by atoms with van der Waals surface area (Å²) in [7, 11) is 3.31. The second-order valence-electron chi connectivity index (χ2n) is 25.0. The Bertz CT molecular complexity index is 3200. The summed E-state index contributed by atoms with van der Waals surface area (Å²) >= 11 is 0. The van der Waals surface area contributed by atoms with Crippen LogP contribution in [0.15, 0.2) is 146 Å². The Morgan fingerprint density at radius 1 is 0.500 bits per heavy atom. The molecule has 0 saturated carbocycles. The maximum absolute atomic E-state index is 15.0. The number of benzene rings is 5. The summed E-state index contributed by atoms with van der Waals surface area (Å²) in [6, 6.07) is 39.9. The fourth-order valence-corrected chi connectivity index (χ4v) is 14.3. The molecule has 0 spiro atoms. The maximum Gasteiger partial charge on any atom is 0.255 e. The van der Waals surface area contributed by atoms with E-state index in [1.165, 1.54) is 0 Å². The van der Waals surface area contributed by atoms with Crippen molar-refractivity contribution in [3.63, 3.8) is 0 Å². The van der Waals surface area contributed by atoms with Gasteiger partial charge in [-0.2, -0.15) is 0 Å². The number of hydrogen-bond acceptors (Lipinski definition) is 12. The third kappa shape index (κ3) is 15.3. The van der Waals surface area contributed by atoms with E-state index in [-0.39, 0.29) is 37.7 Å². The van der Waals surface area contributed by atoms with Crippen LogP contribution in [0.3, 0.4) is 0 Å². The van der Waals surface area contributed by atoms with E-state index >= 15 is 4.79 Å². The highest BCUT2D eigenvalue weighted by Gasteiger charge is 2.53. The van der Waals surface area contributed by atoms with Gasteiger partial charge in [0.25, 0.3) is 11.8 Å². The van der Waals surface area contributed by atoms with Crippen LogP contribution in [0.1, 0.15) is 124 Å². The van der Waals surface area contributed by atoms with E-state index in [0.29, 0.717) is 106 Å². The second kappa shape index (κ2) is 32.3. The number of likely N-dealkylation sites (N-methyl/N-ethyl adjacent to an activating group) is 2. The van der Waals surface area contributed by atoms with E-state index in [2.05, 4.69) is 66.8 Å². The Labute approximate surface area is 540 Å². The van der Waals surface area contributed by atoms with Crippen LogP contribution in [0.25, 0.3) is 0 Å². The molecule has 4 aliphatic rings. The van der Waals surface area contributed by atoms with E-state index in [1.54, 1.807) is 23.9 Å². The molecule has 9 rings (SSSR count). The number of fused-ring (bicyclic) bond motifs is 2. The molecule has 4 saturated heterocycles. The number of nitrogens with zero attached hydrogens (tertiary/aromatic N) is 2. The van der Waals surface area contributed by atoms with Crippen molar-refractivity contribution in [2.24, 2.45) is 11.8 Å². The molecule has 10 N–H and O–H groups in total. The average Bonchev–Trinajstić information content (AvgIpc) is 1.09. The van der Waals surface area contributed by atoms with Gasteiger partial charge in [-0.3, -0.25) is 38.4 Å². The van der Waals surface area contributed by atoms with Gasteiger partial charge < -0.3 is 62.5 Å². The SMILES string of the molecule is CC[C@H](NC)C(=O)N[C@@H]1C(=O)N2[C@@H](CC[C@@H]1CO)CC[C@H]2C(=O)NC(C(=O)NCCCCc1ccc(CCCCNC(=O)C(NC(=O)[C@@H]2CC[C@@H]3CC[C@H](CO)[C@H](NC(=O)CNC)C(=O)N32)(c2ccccc2)c2ccccc2)cc1)(c1ccccc1)c1ccccc1. The zero-order valence-corrected chi connectivity index (χ0v) is 53.2. The zero-order chi connectivity index (χ0) is 65.2. The van der Waals surface area contributed by atoms with Crippen LogP contribution >= 0.6 is 0 Å². The van der Waals surface area contributed by atoms with Crippen molar-refractivity contribution in [1.29, 1.82) is 0 Å². The quantitative estimate of drug-likeness (QED) is 0.0299. The third-order valence-corrected chi connectivity index (χ3v) is 19.3. The summed E-state index contributed by atoms with van der Waals surface area (Å²) in [4.78, 5) is 118. The molecule has 0 radical (unpaired) electrons. The van der Waals surface area contributed by atoms with E-state index in [9.17, 15) is 43.8 Å². The molecule has 0 aliphatic carbocycles. The molecule has 4 aliphatic heterocycles. The third-order valence-electron chi connectivity index (χ3n) is 19.3. The van der Waals surface area contributed by atoms with E-state index < -0.39 is 94.5 Å². The number of amides is 8. The summed E-state index contributed by atoms with van der Waals surface area (Å²) in [6.45, 7) is 1.90. The minimum Gasteiger partial charge on any atom is -0.396 e. The summed E-state index contributed by atoms with van der Waals surface area (Å²) < 4.78 is 0. The van der Waals surface area contributed by atoms with Gasteiger partial charge in [-0.05, 0) is 144 Å². The first-order chi connectivity index (χ1) is 44.7. The van der Waals surface area contributed by atoms with Crippen molar-refractivity contribution < 1.29 is 48.6 Å². The molecule has 8 amide bonds. The van der Waals surface area contributed by atoms with Crippen LogP contribution in [0.5, 0.6) is 0 Å². The van der Waals surface area contributed by atoms with E-state index in [1.807, 2.05) is 128 Å². The lowest BCUT2D eigenvalue weighted by Gasteiger charge is -2.37. The number of aliphatic hydroxyl groups excluding tert-OH is 2. The van der Waals surface area contributed by atoms with Gasteiger partial charge in [0.15, 0.2) is 11.1 Å². The smallest absolute Gasteiger partial charge is 0.255 e. The van der Waals surface area contributed by atoms with Gasteiger partial charge in [-0.1, -0.05) is 153 Å². The number of aryl methyl sites for hydroxylation is 2. The summed E-state index contributed by atoms with van der Waals surface area (Å²) in [6.07, 6.45) is 8.79. The van der Waals surface area contributed by atoms with Crippen LogP contribution in [-0.2, 0) is 62.3 Å². The number of unbranched alkanes of at least 4 members (excludes halogenated alkanes) is 2. The molecular weight excluding hydrogens is 1160 g/mol. The molecule has 20 heteroatoms. The molecule has 0 bridgehead atoms. The van der Waals surface area contributed by atoms with Crippen molar-refractivity contribution in [2.45, 2.75) is 157 Å². The molecule has 0 unspecified atom stereocenters. The van der Waals surface area contributed by atoms with Gasteiger partial charge in [-0.25, -0.2) is 0 Å². The summed E-state index contributed by atoms with van der Waals surface area (Å²) in [5.74, 6) is -4.44. The van der Waals surface area contributed by atoms with Gasteiger partial charge >= 0.3 is 0 Å². The molecule has 20 nitrogen and oxygen atoms in total. The Kier molecular flexibility index (Phi) is 23.9. The van der Waals surface area contributed by atoms with Crippen molar-refractivity contribution in [1.82, 2.24) is 52.3 Å². The van der Waals surface area contributed by atoms with E-state index in [4.69, 9.17) is 0 Å². The number of carbonyl (C=O) groups is 8. The average molecular weight is 1260 g/mol. The molecule has 4 fully saturated rings. The number of aliphatic hydroxyl groups is 2. The first-order valence-corrected chi connectivity index (χ1v) is 33.0. The normalized spacial score (nSPS) is 21.8. The number of rotatable bonds is 29. The molecule has 0 aromatic heterocycles. The molecule has 9 atom stereocenters. The predicted octanol–water partition coefficient (Wildman–Crippen LogP) is 4.40. The predicted molar refractivity (Wildman–Crippen MR) is 350 cm³/mol. The molecule has 4 heterocycles. The van der Waals surface area contributed by atoms with Crippen molar-refractivity contribution in [2.75, 3.05) is 46.9 Å². The maximum atomic E-state index is 15.0. The largest absolute Gasteiger partial charge is 0.396 e. The molecule has 490 valence electrons. The van der Waals surface area contributed by atoms with Gasteiger partial charge in [0.2, 0.25) is 35.4 Å². The fraction of sp³-hybridized carbons (Fsp3) is 0.472. The van der Waals surface area contributed by atoms with Gasteiger partial charge in [-0.15, -0.1) is 0 Å². The number of nitrogens with one attached hydrogen (secondary N) is 8. The number of hydrogen-bond donors (Lipinski definition) is 10. The lowest BCUT2D eigenvalue weighted by atomic mass is 9.81. The minimum absolute atomic E-state index is 0.0158. The Hall–Kier alpha value is -8.30. The molecule has 5 aromatic rings. The highest BCUT2D eigenvalue weighted by atomic mass is 16.3. The van der Waals surface area contributed by atoms with Crippen LogP contribution in [0.2, 0.25) is 0 Å². The second-order valence-corrected chi connectivity index (χ2v) is 25.0. The highest BCUT2D eigenvalue weighted by molar-refractivity contribution is 6.01. The lowest BCUT2D eigenvalue weighted by molar-refractivity contribution is -0.145. The number of carbonyl (C=O) groups excluding carboxylic acids is 8. The zero-order valence-electron chi connectivity index (χ0n) is 53.2. The van der Waals surface area contributed by atoms with Gasteiger partial charge in [0.05, 0.1) is 12.6 Å². The van der Waals surface area contributed by atoms with Crippen LogP contribution < -0.4 is 42.5 Å². The van der Waals surface area contributed by atoms with Gasteiger partial charge in [0, 0.05) is 50.2 Å². The first kappa shape index (κ1) is 68.1. The minimum atomic E-state index is -1.67. The van der Waals surface area contributed by atoms with Crippen molar-refractivity contribution >= 4 is 47.3 Å². The fourth-order valence-electron chi connectivity index (χ4n) is 14.3. The van der Waals surface area contributed by atoms with Crippen molar-refractivity contribution in [3.8, 4) is 0 Å². The Morgan fingerprint density at radius 2 is 0.870 bits per heavy atom.